The molecule has 0 aliphatic heterocycles. The summed E-state index contributed by atoms with van der Waals surface area (Å²) in [6, 6.07) is 11.1. The van der Waals surface area contributed by atoms with Crippen LogP contribution in [0.1, 0.15) is 11.1 Å². The summed E-state index contributed by atoms with van der Waals surface area (Å²) in [6.07, 6.45) is 4.62. The number of nitrogens with zero attached hydrogens (tertiary/aromatic N) is 2. The van der Waals surface area contributed by atoms with Gasteiger partial charge in [0.15, 0.2) is 0 Å². The molecule has 0 bridgehead atoms. The van der Waals surface area contributed by atoms with Crippen LogP contribution in [-0.2, 0) is 4.79 Å². The van der Waals surface area contributed by atoms with Crippen LogP contribution in [0, 0.1) is 25.2 Å². The van der Waals surface area contributed by atoms with Crippen molar-refractivity contribution in [2.75, 3.05) is 10.6 Å². The average Bonchev–Trinajstić information content (AvgIpc) is 2.53. The van der Waals surface area contributed by atoms with Gasteiger partial charge in [0.1, 0.15) is 11.6 Å². The number of aromatic nitrogens is 1. The first-order valence-corrected chi connectivity index (χ1v) is 6.76. The van der Waals surface area contributed by atoms with E-state index in [4.69, 9.17) is 5.26 Å². The average molecular weight is 292 g/mol. The second kappa shape index (κ2) is 7.04. The van der Waals surface area contributed by atoms with Crippen LogP contribution in [0.5, 0.6) is 0 Å². The number of rotatable bonds is 4. The van der Waals surface area contributed by atoms with Crippen molar-refractivity contribution < 1.29 is 4.79 Å². The molecule has 5 heteroatoms. The Kier molecular flexibility index (Phi) is 4.89. The maximum atomic E-state index is 12.2. The number of carbonyl (C=O) groups excluding carboxylic acids is 1. The van der Waals surface area contributed by atoms with E-state index in [0.717, 1.165) is 11.1 Å². The van der Waals surface area contributed by atoms with Crippen molar-refractivity contribution >= 4 is 17.3 Å². The number of amides is 1. The summed E-state index contributed by atoms with van der Waals surface area (Å²) in [5.41, 5.74) is 3.45. The molecule has 0 unspecified atom stereocenters. The SMILES string of the molecule is Cc1cccc(NC(=O)/C(C#N)=C\Nc2cccnc2)c1C. The zero-order chi connectivity index (χ0) is 15.9. The fraction of sp³-hybridized carbons (Fsp3) is 0.118. The molecule has 1 heterocycles. The van der Waals surface area contributed by atoms with Gasteiger partial charge < -0.3 is 10.6 Å². The topological polar surface area (TPSA) is 77.8 Å². The van der Waals surface area contributed by atoms with Crippen LogP contribution < -0.4 is 10.6 Å². The lowest BCUT2D eigenvalue weighted by molar-refractivity contribution is -0.112. The van der Waals surface area contributed by atoms with Gasteiger partial charge in [-0.2, -0.15) is 5.26 Å². The Labute approximate surface area is 129 Å². The summed E-state index contributed by atoms with van der Waals surface area (Å²) in [5.74, 6) is -0.451. The second-order valence-electron chi connectivity index (χ2n) is 4.76. The van der Waals surface area contributed by atoms with Crippen LogP contribution in [-0.4, -0.2) is 10.9 Å². The van der Waals surface area contributed by atoms with Crippen LogP contribution in [0.4, 0.5) is 11.4 Å². The number of benzene rings is 1. The van der Waals surface area contributed by atoms with E-state index in [9.17, 15) is 4.79 Å². The molecule has 0 fully saturated rings. The van der Waals surface area contributed by atoms with Crippen molar-refractivity contribution in [3.63, 3.8) is 0 Å². The zero-order valence-corrected chi connectivity index (χ0v) is 12.4. The van der Waals surface area contributed by atoms with Gasteiger partial charge in [0.2, 0.25) is 0 Å². The predicted octanol–water partition coefficient (Wildman–Crippen LogP) is 3.16. The molecule has 22 heavy (non-hydrogen) atoms. The number of aryl methyl sites for hydroxylation is 1. The lowest BCUT2D eigenvalue weighted by Gasteiger charge is -2.10. The zero-order valence-electron chi connectivity index (χ0n) is 12.4. The van der Waals surface area contributed by atoms with E-state index in [0.29, 0.717) is 11.4 Å². The van der Waals surface area contributed by atoms with Crippen molar-refractivity contribution in [1.29, 1.82) is 5.26 Å². The number of carbonyl (C=O) groups is 1. The van der Waals surface area contributed by atoms with Crippen molar-refractivity contribution in [2.45, 2.75) is 13.8 Å². The molecule has 110 valence electrons. The van der Waals surface area contributed by atoms with Gasteiger partial charge in [-0.1, -0.05) is 12.1 Å². The number of hydrogen-bond acceptors (Lipinski definition) is 4. The van der Waals surface area contributed by atoms with Crippen molar-refractivity contribution in [2.24, 2.45) is 0 Å². The highest BCUT2D eigenvalue weighted by Gasteiger charge is 2.11. The fourth-order valence-electron chi connectivity index (χ4n) is 1.83. The first kappa shape index (κ1) is 15.3. The third-order valence-electron chi connectivity index (χ3n) is 3.26. The van der Waals surface area contributed by atoms with Gasteiger partial charge in [-0.05, 0) is 43.2 Å². The highest BCUT2D eigenvalue weighted by atomic mass is 16.1. The summed E-state index contributed by atoms with van der Waals surface area (Å²) >= 11 is 0. The summed E-state index contributed by atoms with van der Waals surface area (Å²) in [4.78, 5) is 16.1. The third-order valence-corrected chi connectivity index (χ3v) is 3.26. The van der Waals surface area contributed by atoms with Crippen LogP contribution in [0.2, 0.25) is 0 Å². The van der Waals surface area contributed by atoms with Gasteiger partial charge >= 0.3 is 0 Å². The molecule has 1 amide bonds. The Balaban J connectivity index is 2.12. The molecule has 0 spiro atoms. The molecule has 0 atom stereocenters. The summed E-state index contributed by atoms with van der Waals surface area (Å²) < 4.78 is 0. The maximum absolute atomic E-state index is 12.2. The minimum atomic E-state index is -0.451. The number of hydrogen-bond donors (Lipinski definition) is 2. The van der Waals surface area contributed by atoms with Crippen LogP contribution >= 0.6 is 0 Å². The molecular formula is C17H16N4O. The molecule has 0 saturated heterocycles. The van der Waals surface area contributed by atoms with E-state index < -0.39 is 5.91 Å². The number of anilines is 2. The molecule has 0 aliphatic carbocycles. The minimum Gasteiger partial charge on any atom is -0.359 e. The highest BCUT2D eigenvalue weighted by Crippen LogP contribution is 2.18. The molecule has 2 rings (SSSR count). The molecule has 5 nitrogen and oxygen atoms in total. The van der Waals surface area contributed by atoms with Crippen LogP contribution in [0.3, 0.4) is 0 Å². The molecule has 0 radical (unpaired) electrons. The van der Waals surface area contributed by atoms with Gasteiger partial charge in [0.05, 0.1) is 11.9 Å². The van der Waals surface area contributed by atoms with E-state index in [1.807, 2.05) is 38.1 Å². The number of pyridine rings is 1. The van der Waals surface area contributed by atoms with Gasteiger partial charge in [0, 0.05) is 18.1 Å². The third kappa shape index (κ3) is 3.70. The van der Waals surface area contributed by atoms with Gasteiger partial charge in [-0.15, -0.1) is 0 Å². The molecule has 1 aromatic carbocycles. The first-order chi connectivity index (χ1) is 10.6. The Bertz CT molecular complexity index is 745. The Hall–Kier alpha value is -3.13. The molecule has 1 aromatic heterocycles. The Morgan fingerprint density at radius 3 is 2.77 bits per heavy atom. The lowest BCUT2D eigenvalue weighted by Crippen LogP contribution is -2.15. The summed E-state index contributed by atoms with van der Waals surface area (Å²) in [6.45, 7) is 3.89. The van der Waals surface area contributed by atoms with Gasteiger partial charge in [-0.3, -0.25) is 9.78 Å². The number of nitrogens with one attached hydrogen (secondary N) is 2. The normalized spacial score (nSPS) is 10.7. The van der Waals surface area contributed by atoms with Crippen LogP contribution in [0.25, 0.3) is 0 Å². The van der Waals surface area contributed by atoms with Crippen molar-refractivity contribution in [1.82, 2.24) is 4.98 Å². The Morgan fingerprint density at radius 1 is 1.27 bits per heavy atom. The first-order valence-electron chi connectivity index (χ1n) is 6.76. The monoisotopic (exact) mass is 292 g/mol. The predicted molar refractivity (Wildman–Crippen MR) is 86.1 cm³/mol. The molecule has 2 N–H and O–H groups in total. The fourth-order valence-corrected chi connectivity index (χ4v) is 1.83. The van der Waals surface area contributed by atoms with E-state index in [1.165, 1.54) is 6.20 Å². The van der Waals surface area contributed by atoms with Gasteiger partial charge in [0.25, 0.3) is 5.91 Å². The summed E-state index contributed by atoms with van der Waals surface area (Å²) in [7, 11) is 0. The van der Waals surface area contributed by atoms with E-state index in [2.05, 4.69) is 15.6 Å². The molecule has 0 aliphatic rings. The lowest BCUT2D eigenvalue weighted by atomic mass is 10.1. The molecule has 0 saturated carbocycles. The van der Waals surface area contributed by atoms with Crippen molar-refractivity contribution in [3.8, 4) is 6.07 Å². The van der Waals surface area contributed by atoms with Crippen molar-refractivity contribution in [3.05, 3.63) is 65.6 Å². The highest BCUT2D eigenvalue weighted by molar-refractivity contribution is 6.07. The largest absolute Gasteiger partial charge is 0.359 e. The Morgan fingerprint density at radius 2 is 2.09 bits per heavy atom. The minimum absolute atomic E-state index is 0.00948. The van der Waals surface area contributed by atoms with E-state index >= 15 is 0 Å². The quantitative estimate of drug-likeness (QED) is 0.670. The van der Waals surface area contributed by atoms with E-state index in [-0.39, 0.29) is 5.57 Å². The summed E-state index contributed by atoms with van der Waals surface area (Å²) in [5, 5.41) is 14.8. The van der Waals surface area contributed by atoms with Gasteiger partial charge in [-0.25, -0.2) is 0 Å². The van der Waals surface area contributed by atoms with Crippen LogP contribution in [0.15, 0.2) is 54.5 Å². The maximum Gasteiger partial charge on any atom is 0.267 e. The molecular weight excluding hydrogens is 276 g/mol. The second-order valence-corrected chi connectivity index (χ2v) is 4.76. The smallest absolute Gasteiger partial charge is 0.267 e. The molecule has 2 aromatic rings. The standard InChI is InChI=1S/C17H16N4O/c1-12-5-3-7-16(13(12)2)21-17(22)14(9-18)10-20-15-6-4-8-19-11-15/h3-8,10-11,20H,1-2H3,(H,21,22)/b14-10-. The number of nitriles is 1. The van der Waals surface area contributed by atoms with E-state index in [1.54, 1.807) is 24.5 Å².